The highest BCUT2D eigenvalue weighted by atomic mass is 32.1. The Morgan fingerprint density at radius 1 is 1.24 bits per heavy atom. The molecule has 0 atom stereocenters. The average molecular weight is 419 g/mol. The highest BCUT2D eigenvalue weighted by Crippen LogP contribution is 2.26. The summed E-state index contributed by atoms with van der Waals surface area (Å²) in [4.78, 5) is 29.6. The van der Waals surface area contributed by atoms with Crippen molar-refractivity contribution in [3.63, 3.8) is 0 Å². The Morgan fingerprint density at radius 2 is 1.97 bits per heavy atom. The molecule has 0 spiro atoms. The molecule has 2 aromatic rings. The minimum atomic E-state index is 0.0220. The molecule has 3 heterocycles. The monoisotopic (exact) mass is 418 g/mol. The summed E-state index contributed by atoms with van der Waals surface area (Å²) in [6.45, 7) is 6.37. The van der Waals surface area contributed by atoms with E-state index in [0.717, 1.165) is 54.8 Å². The summed E-state index contributed by atoms with van der Waals surface area (Å²) in [7, 11) is 4.09. The van der Waals surface area contributed by atoms with Crippen molar-refractivity contribution in [3.05, 3.63) is 23.2 Å². The van der Waals surface area contributed by atoms with Gasteiger partial charge in [0.25, 0.3) is 5.91 Å². The summed E-state index contributed by atoms with van der Waals surface area (Å²) in [5.74, 6) is 0.242. The van der Waals surface area contributed by atoms with Crippen LogP contribution in [-0.2, 0) is 11.8 Å². The lowest BCUT2D eigenvalue weighted by Crippen LogP contribution is -2.43. The lowest BCUT2D eigenvalue weighted by Gasteiger charge is -2.31. The zero-order valence-electron chi connectivity index (χ0n) is 17.9. The van der Waals surface area contributed by atoms with Crippen LogP contribution >= 0.6 is 11.3 Å². The first-order valence-electron chi connectivity index (χ1n) is 10.8. The fraction of sp³-hybridized carbons (Fsp3) is 0.636. The number of hydrogen-bond acceptors (Lipinski definition) is 4. The van der Waals surface area contributed by atoms with E-state index in [9.17, 15) is 9.59 Å². The van der Waals surface area contributed by atoms with E-state index in [4.69, 9.17) is 0 Å². The van der Waals surface area contributed by atoms with Crippen molar-refractivity contribution >= 4 is 33.4 Å². The van der Waals surface area contributed by atoms with Crippen molar-refractivity contribution in [1.29, 1.82) is 0 Å². The number of likely N-dealkylation sites (tertiary alicyclic amines) is 1. The van der Waals surface area contributed by atoms with Crippen molar-refractivity contribution in [2.45, 2.75) is 39.0 Å². The third-order valence-corrected chi connectivity index (χ3v) is 6.80. The number of nitrogens with zero attached hydrogens (tertiary/aromatic N) is 3. The van der Waals surface area contributed by atoms with Crippen molar-refractivity contribution in [3.8, 4) is 0 Å². The van der Waals surface area contributed by atoms with Crippen LogP contribution in [0.2, 0.25) is 0 Å². The minimum absolute atomic E-state index is 0.0220. The third kappa shape index (κ3) is 5.39. The van der Waals surface area contributed by atoms with Gasteiger partial charge in [-0.15, -0.1) is 11.3 Å². The van der Waals surface area contributed by atoms with Gasteiger partial charge in [-0.2, -0.15) is 0 Å². The zero-order valence-corrected chi connectivity index (χ0v) is 18.8. The SMILES string of the molecule is CCCCN(C)CCCNC(=O)C1CCN(C(=O)c2cc3sccc3n2C)CC1. The highest BCUT2D eigenvalue weighted by molar-refractivity contribution is 7.17. The number of carbonyl (C=O) groups excluding carboxylic acids is 2. The van der Waals surface area contributed by atoms with Gasteiger partial charge in [0.2, 0.25) is 5.91 Å². The standard InChI is InChI=1S/C22H34N4O2S/c1-4-5-11-24(2)12-6-10-23-21(27)17-7-13-26(14-8-17)22(28)19-16-20-18(25(19)3)9-15-29-20/h9,15-17H,4-8,10-14H2,1-3H3,(H,23,27). The zero-order chi connectivity index (χ0) is 20.8. The van der Waals surface area contributed by atoms with Crippen LogP contribution in [0.4, 0.5) is 0 Å². The molecule has 160 valence electrons. The van der Waals surface area contributed by atoms with Crippen molar-refractivity contribution < 1.29 is 9.59 Å². The molecule has 6 nitrogen and oxygen atoms in total. The Hall–Kier alpha value is -1.86. The maximum Gasteiger partial charge on any atom is 0.270 e. The third-order valence-electron chi connectivity index (χ3n) is 5.95. The van der Waals surface area contributed by atoms with E-state index >= 15 is 0 Å². The molecule has 29 heavy (non-hydrogen) atoms. The van der Waals surface area contributed by atoms with Crippen LogP contribution in [0.1, 0.15) is 49.5 Å². The van der Waals surface area contributed by atoms with Gasteiger partial charge in [0, 0.05) is 32.6 Å². The van der Waals surface area contributed by atoms with Gasteiger partial charge in [-0.3, -0.25) is 9.59 Å². The van der Waals surface area contributed by atoms with E-state index < -0.39 is 0 Å². The van der Waals surface area contributed by atoms with Gasteiger partial charge in [0.05, 0.1) is 10.2 Å². The number of thiophene rings is 1. The van der Waals surface area contributed by atoms with Gasteiger partial charge < -0.3 is 19.7 Å². The molecule has 0 aromatic carbocycles. The van der Waals surface area contributed by atoms with E-state index in [1.54, 1.807) is 11.3 Å². The first kappa shape index (κ1) is 21.8. The average Bonchev–Trinajstić information content (AvgIpc) is 3.32. The molecule has 3 rings (SSSR count). The molecule has 2 aromatic heterocycles. The minimum Gasteiger partial charge on any atom is -0.356 e. The second-order valence-electron chi connectivity index (χ2n) is 8.13. The molecule has 0 unspecified atom stereocenters. The predicted molar refractivity (Wildman–Crippen MR) is 119 cm³/mol. The Kier molecular flexibility index (Phi) is 7.72. The number of amides is 2. The van der Waals surface area contributed by atoms with E-state index in [1.165, 1.54) is 12.8 Å². The number of aromatic nitrogens is 1. The molecular weight excluding hydrogens is 384 g/mol. The molecule has 1 aliphatic heterocycles. The van der Waals surface area contributed by atoms with Gasteiger partial charge >= 0.3 is 0 Å². The summed E-state index contributed by atoms with van der Waals surface area (Å²) in [6.07, 6.45) is 4.90. The molecule has 0 saturated carbocycles. The molecule has 1 aliphatic rings. The Balaban J connectivity index is 1.40. The number of rotatable bonds is 9. The predicted octanol–water partition coefficient (Wildman–Crippen LogP) is 3.33. The number of unbranched alkanes of at least 4 members (excludes halogenated alkanes) is 1. The highest BCUT2D eigenvalue weighted by Gasteiger charge is 2.29. The topological polar surface area (TPSA) is 57.6 Å². The Bertz CT molecular complexity index is 820. The number of fused-ring (bicyclic) bond motifs is 1. The number of carbonyl (C=O) groups is 2. The van der Waals surface area contributed by atoms with E-state index in [-0.39, 0.29) is 17.7 Å². The molecule has 0 aliphatic carbocycles. The van der Waals surface area contributed by atoms with Gasteiger partial charge in [-0.1, -0.05) is 13.3 Å². The molecular formula is C22H34N4O2S. The molecule has 7 heteroatoms. The van der Waals surface area contributed by atoms with Crippen LogP contribution in [0.5, 0.6) is 0 Å². The van der Waals surface area contributed by atoms with Crippen LogP contribution in [0.15, 0.2) is 17.5 Å². The number of nitrogens with one attached hydrogen (secondary N) is 1. The number of aryl methyl sites for hydroxylation is 1. The maximum atomic E-state index is 12.9. The number of hydrogen-bond donors (Lipinski definition) is 1. The largest absolute Gasteiger partial charge is 0.356 e. The van der Waals surface area contributed by atoms with Crippen LogP contribution < -0.4 is 5.32 Å². The molecule has 1 fully saturated rings. The summed E-state index contributed by atoms with van der Waals surface area (Å²) in [5.41, 5.74) is 1.84. The van der Waals surface area contributed by atoms with E-state index in [2.05, 4.69) is 30.3 Å². The Morgan fingerprint density at radius 3 is 2.66 bits per heavy atom. The van der Waals surface area contributed by atoms with Gasteiger partial charge in [-0.25, -0.2) is 0 Å². The smallest absolute Gasteiger partial charge is 0.270 e. The maximum absolute atomic E-state index is 12.9. The fourth-order valence-corrected chi connectivity index (χ4v) is 4.86. The molecule has 0 radical (unpaired) electrons. The summed E-state index contributed by atoms with van der Waals surface area (Å²) < 4.78 is 3.12. The molecule has 1 N–H and O–H groups in total. The van der Waals surface area contributed by atoms with Crippen LogP contribution in [0.25, 0.3) is 10.2 Å². The van der Waals surface area contributed by atoms with Crippen molar-refractivity contribution in [2.75, 3.05) is 39.8 Å². The summed E-state index contributed by atoms with van der Waals surface area (Å²) >= 11 is 1.66. The lowest BCUT2D eigenvalue weighted by molar-refractivity contribution is -0.126. The second kappa shape index (κ2) is 10.3. The number of piperidine rings is 1. The summed E-state index contributed by atoms with van der Waals surface area (Å²) in [5, 5.41) is 5.14. The fourth-order valence-electron chi connectivity index (χ4n) is 4.01. The van der Waals surface area contributed by atoms with Gasteiger partial charge in [0.15, 0.2) is 0 Å². The van der Waals surface area contributed by atoms with Crippen LogP contribution in [0.3, 0.4) is 0 Å². The van der Waals surface area contributed by atoms with Gasteiger partial charge in [0.1, 0.15) is 5.69 Å². The Labute approximate surface area is 177 Å². The molecule has 0 bridgehead atoms. The van der Waals surface area contributed by atoms with Crippen molar-refractivity contribution in [1.82, 2.24) is 19.7 Å². The van der Waals surface area contributed by atoms with Crippen LogP contribution in [0, 0.1) is 5.92 Å². The molecule has 1 saturated heterocycles. The molecule has 2 amide bonds. The second-order valence-corrected chi connectivity index (χ2v) is 9.07. The summed E-state index contributed by atoms with van der Waals surface area (Å²) in [6, 6.07) is 4.04. The van der Waals surface area contributed by atoms with Crippen molar-refractivity contribution in [2.24, 2.45) is 13.0 Å². The normalized spacial score (nSPS) is 15.4. The van der Waals surface area contributed by atoms with Gasteiger partial charge in [-0.05, 0) is 63.3 Å². The first-order valence-corrected chi connectivity index (χ1v) is 11.7. The van der Waals surface area contributed by atoms with E-state index in [0.29, 0.717) is 13.1 Å². The van der Waals surface area contributed by atoms with E-state index in [1.807, 2.05) is 28.0 Å². The first-order chi connectivity index (χ1) is 14.0. The quantitative estimate of drug-likeness (QED) is 0.636. The lowest BCUT2D eigenvalue weighted by atomic mass is 9.95. The van der Waals surface area contributed by atoms with Crippen LogP contribution in [-0.4, -0.2) is 66.0 Å².